The molecule has 2 rings (SSSR count). The Bertz CT molecular complexity index is 498. The Kier molecular flexibility index (Phi) is 4.76. The van der Waals surface area contributed by atoms with E-state index in [1.165, 1.54) is 0 Å². The number of benzene rings is 1. The number of alkyl carbamates (subject to hydrolysis) is 1. The van der Waals surface area contributed by atoms with Gasteiger partial charge in [-0.05, 0) is 18.4 Å². The third-order valence-electron chi connectivity index (χ3n) is 3.27. The number of carboxylic acids is 1. The van der Waals surface area contributed by atoms with Gasteiger partial charge in [0.05, 0.1) is 5.92 Å². The molecule has 2 N–H and O–H groups in total. The number of amides is 1. The number of carbonyl (C=O) groups excluding carboxylic acids is 1. The van der Waals surface area contributed by atoms with Crippen LogP contribution in [-0.4, -0.2) is 23.2 Å². The number of hydrogen-bond donors (Lipinski definition) is 2. The number of rotatable bonds is 4. The van der Waals surface area contributed by atoms with E-state index in [0.717, 1.165) is 5.56 Å². The second-order valence-electron chi connectivity index (χ2n) is 4.70. The normalized spacial score (nSPS) is 21.2. The van der Waals surface area contributed by atoms with Gasteiger partial charge in [-0.2, -0.15) is 0 Å². The van der Waals surface area contributed by atoms with E-state index in [4.69, 9.17) is 9.84 Å². The van der Waals surface area contributed by atoms with Crippen molar-refractivity contribution in [3.8, 4) is 0 Å². The third-order valence-corrected chi connectivity index (χ3v) is 3.27. The lowest BCUT2D eigenvalue weighted by Crippen LogP contribution is -2.44. The summed E-state index contributed by atoms with van der Waals surface area (Å²) in [5, 5.41) is 11.7. The van der Waals surface area contributed by atoms with Crippen LogP contribution in [0.5, 0.6) is 0 Å². The van der Waals surface area contributed by atoms with Gasteiger partial charge in [-0.1, -0.05) is 42.5 Å². The molecule has 0 radical (unpaired) electrons. The summed E-state index contributed by atoms with van der Waals surface area (Å²) in [5.41, 5.74) is 0.890. The van der Waals surface area contributed by atoms with Crippen LogP contribution < -0.4 is 5.32 Å². The molecule has 1 aliphatic rings. The Labute approximate surface area is 117 Å². The van der Waals surface area contributed by atoms with E-state index in [2.05, 4.69) is 5.32 Å². The van der Waals surface area contributed by atoms with E-state index in [1.54, 1.807) is 0 Å². The minimum absolute atomic E-state index is 0.174. The molecule has 5 nitrogen and oxygen atoms in total. The van der Waals surface area contributed by atoms with Crippen LogP contribution in [0.1, 0.15) is 18.4 Å². The molecule has 0 fully saturated rings. The Morgan fingerprint density at radius 2 is 1.90 bits per heavy atom. The van der Waals surface area contributed by atoms with Crippen molar-refractivity contribution in [1.29, 1.82) is 0 Å². The molecule has 1 amide bonds. The van der Waals surface area contributed by atoms with E-state index < -0.39 is 24.0 Å². The van der Waals surface area contributed by atoms with Crippen LogP contribution in [0.25, 0.3) is 0 Å². The molecule has 5 heteroatoms. The van der Waals surface area contributed by atoms with Crippen LogP contribution in [0.2, 0.25) is 0 Å². The number of ether oxygens (including phenoxy) is 1. The van der Waals surface area contributed by atoms with E-state index in [9.17, 15) is 9.59 Å². The highest BCUT2D eigenvalue weighted by atomic mass is 16.5. The molecule has 2 atom stereocenters. The highest BCUT2D eigenvalue weighted by molar-refractivity contribution is 5.74. The van der Waals surface area contributed by atoms with Gasteiger partial charge >= 0.3 is 12.1 Å². The first-order chi connectivity index (χ1) is 9.66. The Hall–Kier alpha value is -2.30. The standard InChI is InChI=1S/C15H17NO4/c17-14(18)12-8-4-5-9-13(12)16-15(19)20-10-11-6-2-1-3-7-11/h1-7,12-13H,8-10H2,(H,16,19)(H,17,18). The number of nitrogens with one attached hydrogen (secondary N) is 1. The lowest BCUT2D eigenvalue weighted by atomic mass is 9.89. The zero-order chi connectivity index (χ0) is 14.4. The summed E-state index contributed by atoms with van der Waals surface area (Å²) in [6.45, 7) is 0.174. The summed E-state index contributed by atoms with van der Waals surface area (Å²) in [5.74, 6) is -1.49. The molecular formula is C15H17NO4. The number of carbonyl (C=O) groups is 2. The van der Waals surface area contributed by atoms with Crippen molar-refractivity contribution in [1.82, 2.24) is 5.32 Å². The second kappa shape index (κ2) is 6.75. The van der Waals surface area contributed by atoms with E-state index in [1.807, 2.05) is 42.5 Å². The van der Waals surface area contributed by atoms with E-state index >= 15 is 0 Å². The number of hydrogen-bond acceptors (Lipinski definition) is 3. The third kappa shape index (κ3) is 3.85. The maximum Gasteiger partial charge on any atom is 0.407 e. The zero-order valence-electron chi connectivity index (χ0n) is 11.0. The first-order valence-electron chi connectivity index (χ1n) is 6.52. The average molecular weight is 275 g/mol. The summed E-state index contributed by atoms with van der Waals surface area (Å²) >= 11 is 0. The minimum atomic E-state index is -0.900. The van der Waals surface area contributed by atoms with Crippen molar-refractivity contribution >= 4 is 12.1 Å². The molecule has 1 aromatic rings. The highest BCUT2D eigenvalue weighted by Gasteiger charge is 2.30. The van der Waals surface area contributed by atoms with E-state index in [0.29, 0.717) is 12.8 Å². The summed E-state index contributed by atoms with van der Waals surface area (Å²) in [7, 11) is 0. The topological polar surface area (TPSA) is 75.6 Å². The van der Waals surface area contributed by atoms with Gasteiger partial charge in [0.25, 0.3) is 0 Å². The van der Waals surface area contributed by atoms with Crippen molar-refractivity contribution in [2.45, 2.75) is 25.5 Å². The molecule has 0 spiro atoms. The van der Waals surface area contributed by atoms with Gasteiger partial charge in [-0.25, -0.2) is 4.79 Å². The van der Waals surface area contributed by atoms with Crippen LogP contribution in [0, 0.1) is 5.92 Å². The van der Waals surface area contributed by atoms with Crippen molar-refractivity contribution < 1.29 is 19.4 Å². The lowest BCUT2D eigenvalue weighted by molar-refractivity contribution is -0.142. The van der Waals surface area contributed by atoms with Gasteiger partial charge in [0.15, 0.2) is 0 Å². The summed E-state index contributed by atoms with van der Waals surface area (Å²) in [4.78, 5) is 22.8. The smallest absolute Gasteiger partial charge is 0.407 e. The summed E-state index contributed by atoms with van der Waals surface area (Å²) in [6, 6.07) is 8.91. The predicted octanol–water partition coefficient (Wildman–Crippen LogP) is 2.33. The van der Waals surface area contributed by atoms with Crippen molar-refractivity contribution in [3.05, 3.63) is 48.0 Å². The largest absolute Gasteiger partial charge is 0.481 e. The molecule has 0 saturated heterocycles. The molecule has 0 saturated carbocycles. The van der Waals surface area contributed by atoms with Gasteiger partial charge in [0.1, 0.15) is 6.61 Å². The summed E-state index contributed by atoms with van der Waals surface area (Å²) < 4.78 is 5.09. The highest BCUT2D eigenvalue weighted by Crippen LogP contribution is 2.19. The van der Waals surface area contributed by atoms with Crippen molar-refractivity contribution in [2.75, 3.05) is 0 Å². The quantitative estimate of drug-likeness (QED) is 0.827. The SMILES string of the molecule is O=C(NC1CC=CCC1C(=O)O)OCc1ccccc1. The first kappa shape index (κ1) is 14.1. The maximum absolute atomic E-state index is 11.7. The van der Waals surface area contributed by atoms with Crippen molar-refractivity contribution in [3.63, 3.8) is 0 Å². The molecule has 0 bridgehead atoms. The van der Waals surface area contributed by atoms with Crippen molar-refractivity contribution in [2.24, 2.45) is 5.92 Å². The van der Waals surface area contributed by atoms with Crippen LogP contribution >= 0.6 is 0 Å². The van der Waals surface area contributed by atoms with E-state index in [-0.39, 0.29) is 6.61 Å². The van der Waals surface area contributed by atoms with Crippen LogP contribution in [0.15, 0.2) is 42.5 Å². The fourth-order valence-corrected chi connectivity index (χ4v) is 2.16. The zero-order valence-corrected chi connectivity index (χ0v) is 11.0. The van der Waals surface area contributed by atoms with Crippen LogP contribution in [0.4, 0.5) is 4.79 Å². The molecule has 0 heterocycles. The molecule has 106 valence electrons. The maximum atomic E-state index is 11.7. The molecule has 1 aliphatic carbocycles. The average Bonchev–Trinajstić information content (AvgIpc) is 2.46. The molecule has 1 aromatic carbocycles. The number of aliphatic carboxylic acids is 1. The number of carboxylic acid groups (broad SMARTS) is 1. The Morgan fingerprint density at radius 3 is 2.60 bits per heavy atom. The van der Waals surface area contributed by atoms with Gasteiger partial charge < -0.3 is 15.2 Å². The molecule has 0 aliphatic heterocycles. The van der Waals surface area contributed by atoms with Crippen LogP contribution in [0.3, 0.4) is 0 Å². The summed E-state index contributed by atoms with van der Waals surface area (Å²) in [6.07, 6.45) is 4.06. The van der Waals surface area contributed by atoms with Gasteiger partial charge in [-0.3, -0.25) is 4.79 Å². The minimum Gasteiger partial charge on any atom is -0.481 e. The Morgan fingerprint density at radius 1 is 1.20 bits per heavy atom. The molecular weight excluding hydrogens is 258 g/mol. The Balaban J connectivity index is 1.84. The van der Waals surface area contributed by atoms with Gasteiger partial charge in [0.2, 0.25) is 0 Å². The molecule has 20 heavy (non-hydrogen) atoms. The lowest BCUT2D eigenvalue weighted by Gasteiger charge is -2.25. The van der Waals surface area contributed by atoms with Gasteiger partial charge in [-0.15, -0.1) is 0 Å². The number of allylic oxidation sites excluding steroid dienone is 1. The molecule has 0 aromatic heterocycles. The second-order valence-corrected chi connectivity index (χ2v) is 4.70. The monoisotopic (exact) mass is 275 g/mol. The predicted molar refractivity (Wildman–Crippen MR) is 73.1 cm³/mol. The molecule has 2 unspecified atom stereocenters. The fraction of sp³-hybridized carbons (Fsp3) is 0.333. The van der Waals surface area contributed by atoms with Crippen LogP contribution in [-0.2, 0) is 16.1 Å². The fourth-order valence-electron chi connectivity index (χ4n) is 2.16. The first-order valence-corrected chi connectivity index (χ1v) is 6.52. The van der Waals surface area contributed by atoms with Gasteiger partial charge in [0, 0.05) is 6.04 Å².